The molecule has 6 heteroatoms. The highest BCUT2D eigenvalue weighted by atomic mass is 32.2. The Morgan fingerprint density at radius 3 is 2.33 bits per heavy atom. The quantitative estimate of drug-likeness (QED) is 0.557. The Kier molecular flexibility index (Phi) is 5.89. The molecule has 0 radical (unpaired) electrons. The molecule has 0 aliphatic heterocycles. The summed E-state index contributed by atoms with van der Waals surface area (Å²) in [6, 6.07) is 7.90. The highest BCUT2D eigenvalue weighted by molar-refractivity contribution is 7.89. The van der Waals surface area contributed by atoms with E-state index in [9.17, 15) is 8.42 Å². The van der Waals surface area contributed by atoms with Gasteiger partial charge in [0, 0.05) is 23.5 Å². The van der Waals surface area contributed by atoms with Gasteiger partial charge in [-0.2, -0.15) is 4.31 Å². The van der Waals surface area contributed by atoms with Crippen molar-refractivity contribution in [2.45, 2.75) is 45.6 Å². The molecular weight excluding hydrogens is 378 g/mol. The number of rotatable bonds is 7. The fraction of sp³-hybridized carbons (Fsp3) is 0.333. The van der Waals surface area contributed by atoms with Gasteiger partial charge in [0.25, 0.3) is 0 Å². The average Bonchev–Trinajstić information content (AvgIpc) is 3.30. The van der Waals surface area contributed by atoms with Gasteiger partial charge in [-0.3, -0.25) is 0 Å². The van der Waals surface area contributed by atoms with Crippen LogP contribution in [0.4, 0.5) is 0 Å². The second kappa shape index (κ2) is 8.00. The number of benzene rings is 1. The average molecular weight is 404 g/mol. The Morgan fingerprint density at radius 2 is 1.78 bits per heavy atom. The van der Waals surface area contributed by atoms with E-state index in [0.29, 0.717) is 24.4 Å². The van der Waals surface area contributed by atoms with E-state index in [1.165, 1.54) is 4.88 Å². The molecule has 4 nitrogen and oxygen atoms in total. The zero-order valence-electron chi connectivity index (χ0n) is 16.2. The summed E-state index contributed by atoms with van der Waals surface area (Å²) in [6.07, 6.45) is 3.87. The Labute approximate surface area is 165 Å². The van der Waals surface area contributed by atoms with Crippen molar-refractivity contribution in [3.05, 3.63) is 74.9 Å². The van der Waals surface area contributed by atoms with Crippen LogP contribution in [0.25, 0.3) is 0 Å². The van der Waals surface area contributed by atoms with Gasteiger partial charge in [0.1, 0.15) is 0 Å². The van der Waals surface area contributed by atoms with Crippen molar-refractivity contribution in [3.63, 3.8) is 0 Å². The van der Waals surface area contributed by atoms with E-state index < -0.39 is 10.0 Å². The molecule has 0 atom stereocenters. The van der Waals surface area contributed by atoms with Crippen LogP contribution in [0.15, 0.2) is 51.5 Å². The third kappa shape index (κ3) is 4.18. The van der Waals surface area contributed by atoms with Crippen LogP contribution < -0.4 is 0 Å². The number of thiophene rings is 1. The van der Waals surface area contributed by atoms with Crippen LogP contribution in [0.5, 0.6) is 0 Å². The SMILES string of the molecule is Cc1cc(C)c(C)c(S(=O)(=O)N(CCc2cccs2)Cc2ccoc2)c1C. The molecule has 0 unspecified atom stereocenters. The fourth-order valence-corrected chi connectivity index (χ4v) is 5.96. The van der Waals surface area contributed by atoms with Gasteiger partial charge in [0.2, 0.25) is 10.0 Å². The smallest absolute Gasteiger partial charge is 0.243 e. The van der Waals surface area contributed by atoms with Crippen LogP contribution in [0, 0.1) is 27.7 Å². The van der Waals surface area contributed by atoms with Crippen LogP contribution in [0.2, 0.25) is 0 Å². The monoisotopic (exact) mass is 403 g/mol. The molecule has 3 aromatic rings. The molecule has 144 valence electrons. The van der Waals surface area contributed by atoms with Crippen LogP contribution in [0.3, 0.4) is 0 Å². The molecule has 1 aromatic carbocycles. The molecule has 0 aliphatic carbocycles. The first-order chi connectivity index (χ1) is 12.8. The number of hydrogen-bond donors (Lipinski definition) is 0. The van der Waals surface area contributed by atoms with Crippen molar-refractivity contribution in [2.24, 2.45) is 0 Å². The minimum atomic E-state index is -3.64. The first-order valence-corrected chi connectivity index (χ1v) is 11.2. The van der Waals surface area contributed by atoms with Crippen LogP contribution in [-0.4, -0.2) is 19.3 Å². The zero-order valence-corrected chi connectivity index (χ0v) is 17.8. The van der Waals surface area contributed by atoms with Crippen LogP contribution in [-0.2, 0) is 23.0 Å². The van der Waals surface area contributed by atoms with E-state index in [4.69, 9.17) is 4.42 Å². The molecule has 3 rings (SSSR count). The number of furan rings is 1. The zero-order chi connectivity index (χ0) is 19.6. The summed E-state index contributed by atoms with van der Waals surface area (Å²) in [5.41, 5.74) is 4.50. The van der Waals surface area contributed by atoms with Gasteiger partial charge in [-0.1, -0.05) is 12.1 Å². The highest BCUT2D eigenvalue weighted by Gasteiger charge is 2.29. The molecule has 0 N–H and O–H groups in total. The first-order valence-electron chi connectivity index (χ1n) is 8.91. The van der Waals surface area contributed by atoms with E-state index >= 15 is 0 Å². The van der Waals surface area contributed by atoms with Gasteiger partial charge in [0.15, 0.2) is 0 Å². The maximum atomic E-state index is 13.7. The van der Waals surface area contributed by atoms with E-state index in [2.05, 4.69) is 6.07 Å². The van der Waals surface area contributed by atoms with E-state index in [1.807, 2.05) is 51.3 Å². The molecule has 0 amide bonds. The lowest BCUT2D eigenvalue weighted by Gasteiger charge is -2.25. The number of aryl methyl sites for hydroxylation is 2. The molecule has 0 saturated carbocycles. The summed E-state index contributed by atoms with van der Waals surface area (Å²) < 4.78 is 34.1. The molecular formula is C21H25NO3S2. The summed E-state index contributed by atoms with van der Waals surface area (Å²) >= 11 is 1.65. The van der Waals surface area contributed by atoms with Crippen molar-refractivity contribution in [2.75, 3.05) is 6.54 Å². The largest absolute Gasteiger partial charge is 0.472 e. The summed E-state index contributed by atoms with van der Waals surface area (Å²) in [5, 5.41) is 2.02. The van der Waals surface area contributed by atoms with Crippen molar-refractivity contribution in [1.29, 1.82) is 0 Å². The molecule has 27 heavy (non-hydrogen) atoms. The van der Waals surface area contributed by atoms with Gasteiger partial charge in [-0.05, 0) is 73.9 Å². The molecule has 2 aromatic heterocycles. The molecule has 0 aliphatic rings. The third-order valence-corrected chi connectivity index (χ3v) is 8.08. The lowest BCUT2D eigenvalue weighted by atomic mass is 10.0. The van der Waals surface area contributed by atoms with Crippen LogP contribution >= 0.6 is 11.3 Å². The van der Waals surface area contributed by atoms with Crippen LogP contribution in [0.1, 0.15) is 32.7 Å². The molecule has 0 spiro atoms. The molecule has 0 fully saturated rings. The second-order valence-corrected chi connectivity index (χ2v) is 9.80. The van der Waals surface area contributed by atoms with Gasteiger partial charge < -0.3 is 4.42 Å². The lowest BCUT2D eigenvalue weighted by Crippen LogP contribution is -2.33. The Hall–Kier alpha value is -1.89. The number of sulfonamides is 1. The first kappa shape index (κ1) is 19.9. The van der Waals surface area contributed by atoms with Gasteiger partial charge in [0.05, 0.1) is 17.4 Å². The van der Waals surface area contributed by atoms with E-state index in [1.54, 1.807) is 28.2 Å². The highest BCUT2D eigenvalue weighted by Crippen LogP contribution is 2.30. The summed E-state index contributed by atoms with van der Waals surface area (Å²) in [5.74, 6) is 0. The minimum absolute atomic E-state index is 0.302. The molecule has 2 heterocycles. The standard InChI is InChI=1S/C21H25NO3S2/c1-15-12-16(2)18(4)21(17(15)3)27(23,24)22(13-19-8-10-25-14-19)9-7-20-6-5-11-26-20/h5-6,8,10-12,14H,7,9,13H2,1-4H3. The topological polar surface area (TPSA) is 50.5 Å². The van der Waals surface area contributed by atoms with Crippen molar-refractivity contribution < 1.29 is 12.8 Å². The Morgan fingerprint density at radius 1 is 1.07 bits per heavy atom. The van der Waals surface area contributed by atoms with E-state index in [0.717, 1.165) is 27.8 Å². The maximum absolute atomic E-state index is 13.7. The maximum Gasteiger partial charge on any atom is 0.243 e. The predicted octanol–water partition coefficient (Wildman–Crippen LogP) is 5.01. The molecule has 0 saturated heterocycles. The van der Waals surface area contributed by atoms with Gasteiger partial charge in [-0.25, -0.2) is 8.42 Å². The summed E-state index contributed by atoms with van der Waals surface area (Å²) in [4.78, 5) is 1.62. The predicted molar refractivity (Wildman–Crippen MR) is 110 cm³/mol. The normalized spacial score (nSPS) is 12.0. The van der Waals surface area contributed by atoms with Crippen molar-refractivity contribution in [3.8, 4) is 0 Å². The fourth-order valence-electron chi connectivity index (χ4n) is 3.26. The number of nitrogens with zero attached hydrogens (tertiary/aromatic N) is 1. The number of hydrogen-bond acceptors (Lipinski definition) is 4. The second-order valence-electron chi connectivity index (χ2n) is 6.89. The van der Waals surface area contributed by atoms with Crippen molar-refractivity contribution >= 4 is 21.4 Å². The summed E-state index contributed by atoms with van der Waals surface area (Å²) in [7, 11) is -3.64. The molecule has 0 bridgehead atoms. The lowest BCUT2D eigenvalue weighted by molar-refractivity contribution is 0.407. The van der Waals surface area contributed by atoms with Crippen molar-refractivity contribution in [1.82, 2.24) is 4.31 Å². The Bertz CT molecular complexity index is 978. The van der Waals surface area contributed by atoms with Gasteiger partial charge >= 0.3 is 0 Å². The minimum Gasteiger partial charge on any atom is -0.472 e. The summed E-state index contributed by atoms with van der Waals surface area (Å²) in [6.45, 7) is 8.45. The van der Waals surface area contributed by atoms with E-state index in [-0.39, 0.29) is 0 Å². The van der Waals surface area contributed by atoms with Gasteiger partial charge in [-0.15, -0.1) is 11.3 Å². The third-order valence-electron chi connectivity index (χ3n) is 5.02. The Balaban J connectivity index is 2.01.